The summed E-state index contributed by atoms with van der Waals surface area (Å²) in [5.74, 6) is 1.38. The molecular weight excluding hydrogens is 294 g/mol. The van der Waals surface area contributed by atoms with Crippen molar-refractivity contribution < 1.29 is 13.2 Å². The molecule has 2 fully saturated rings. The third kappa shape index (κ3) is 4.13. The van der Waals surface area contributed by atoms with Gasteiger partial charge >= 0.3 is 0 Å². The van der Waals surface area contributed by atoms with Gasteiger partial charge in [-0.05, 0) is 31.4 Å². The summed E-state index contributed by atoms with van der Waals surface area (Å²) in [5.41, 5.74) is 0. The van der Waals surface area contributed by atoms with Crippen LogP contribution in [0.4, 0.5) is 0 Å². The summed E-state index contributed by atoms with van der Waals surface area (Å²) in [6, 6.07) is 0. The predicted molar refractivity (Wildman–Crippen MR) is 83.8 cm³/mol. The molecule has 0 radical (unpaired) electrons. The normalized spacial score (nSPS) is 30.1. The number of amides is 1. The average molecular weight is 319 g/mol. The molecule has 0 aromatic rings. The molecule has 0 aromatic carbocycles. The second kappa shape index (κ2) is 7.16. The van der Waals surface area contributed by atoms with Crippen molar-refractivity contribution in [3.63, 3.8) is 0 Å². The Morgan fingerprint density at radius 2 is 2.05 bits per heavy atom. The molecule has 2 atom stereocenters. The summed E-state index contributed by atoms with van der Waals surface area (Å²) in [5, 5.41) is 0.0992. The Morgan fingerprint density at radius 1 is 1.25 bits per heavy atom. The van der Waals surface area contributed by atoms with Crippen LogP contribution in [0.1, 0.15) is 45.4 Å². The molecule has 2 heterocycles. The van der Waals surface area contributed by atoms with Crippen LogP contribution in [0.15, 0.2) is 0 Å². The summed E-state index contributed by atoms with van der Waals surface area (Å²) in [6.45, 7) is 3.74. The molecule has 0 aromatic heterocycles. The molecule has 6 heteroatoms. The third-order valence-corrected chi connectivity index (χ3v) is 7.71. The van der Waals surface area contributed by atoms with Crippen LogP contribution in [0.5, 0.6) is 0 Å². The number of carbonyl (C=O) groups is 1. The number of sulfone groups is 1. The number of carbonyl (C=O) groups excluding carboxylic acids is 1. The fraction of sp³-hybridized carbons (Fsp3) is 0.929. The molecule has 0 N–H and O–H groups in total. The van der Waals surface area contributed by atoms with Crippen LogP contribution in [0.25, 0.3) is 0 Å². The second-order valence-corrected chi connectivity index (χ2v) is 9.73. The molecule has 2 aliphatic rings. The van der Waals surface area contributed by atoms with Crippen molar-refractivity contribution in [3.05, 3.63) is 0 Å². The average Bonchev–Trinajstić information content (AvgIpc) is 2.62. The van der Waals surface area contributed by atoms with Gasteiger partial charge in [0.15, 0.2) is 9.84 Å². The molecular formula is C14H25NO3S2. The number of nitrogens with zero attached hydrogens (tertiary/aromatic N) is 1. The Balaban J connectivity index is 1.93. The monoisotopic (exact) mass is 319 g/mol. The lowest BCUT2D eigenvalue weighted by atomic mass is 10.2. The van der Waals surface area contributed by atoms with Crippen molar-refractivity contribution in [3.8, 4) is 0 Å². The molecule has 0 aliphatic carbocycles. The fourth-order valence-corrected chi connectivity index (χ4v) is 6.03. The molecule has 4 nitrogen and oxygen atoms in total. The fourth-order valence-electron chi connectivity index (χ4n) is 3.11. The van der Waals surface area contributed by atoms with Crippen LogP contribution < -0.4 is 0 Å². The van der Waals surface area contributed by atoms with Crippen LogP contribution in [0.3, 0.4) is 0 Å². The van der Waals surface area contributed by atoms with Gasteiger partial charge in [0.05, 0.1) is 11.0 Å². The molecule has 0 saturated carbocycles. The van der Waals surface area contributed by atoms with Crippen LogP contribution in [0.2, 0.25) is 0 Å². The minimum absolute atomic E-state index is 0.0454. The second-order valence-electron chi connectivity index (χ2n) is 5.75. The molecule has 0 bridgehead atoms. The quantitative estimate of drug-likeness (QED) is 0.796. The summed E-state index contributed by atoms with van der Waals surface area (Å²) in [6.07, 6.45) is 4.96. The van der Waals surface area contributed by atoms with E-state index >= 15 is 0 Å². The Labute approximate surface area is 126 Å². The number of hydrogen-bond donors (Lipinski definition) is 0. The largest absolute Gasteiger partial charge is 0.342 e. The van der Waals surface area contributed by atoms with E-state index in [1.165, 1.54) is 12.8 Å². The van der Waals surface area contributed by atoms with Gasteiger partial charge in [-0.15, -0.1) is 0 Å². The van der Waals surface area contributed by atoms with E-state index in [0.717, 1.165) is 25.3 Å². The van der Waals surface area contributed by atoms with E-state index in [9.17, 15) is 13.2 Å². The predicted octanol–water partition coefficient (Wildman–Crippen LogP) is 2.09. The number of rotatable bonds is 4. The van der Waals surface area contributed by atoms with Crippen molar-refractivity contribution >= 4 is 27.5 Å². The molecule has 0 spiro atoms. The SMILES string of the molecule is CCSC1CCCCN(C(=O)CC2CCCS2(=O)=O)C1. The molecule has 2 unspecified atom stereocenters. The van der Waals surface area contributed by atoms with E-state index in [1.807, 2.05) is 16.7 Å². The summed E-state index contributed by atoms with van der Waals surface area (Å²) < 4.78 is 23.7. The van der Waals surface area contributed by atoms with Gasteiger partial charge in [0, 0.05) is 24.8 Å². The first-order valence-electron chi connectivity index (χ1n) is 7.64. The first-order valence-corrected chi connectivity index (χ1v) is 10.4. The lowest BCUT2D eigenvalue weighted by molar-refractivity contribution is -0.131. The van der Waals surface area contributed by atoms with Crippen molar-refractivity contribution in [2.24, 2.45) is 0 Å². The van der Waals surface area contributed by atoms with E-state index < -0.39 is 15.1 Å². The first kappa shape index (κ1) is 16.1. The van der Waals surface area contributed by atoms with Gasteiger partial charge in [-0.3, -0.25) is 4.79 Å². The maximum absolute atomic E-state index is 12.4. The van der Waals surface area contributed by atoms with Gasteiger partial charge in [-0.2, -0.15) is 11.8 Å². The highest BCUT2D eigenvalue weighted by Gasteiger charge is 2.34. The first-order chi connectivity index (χ1) is 9.53. The highest BCUT2D eigenvalue weighted by molar-refractivity contribution is 7.99. The lowest BCUT2D eigenvalue weighted by Gasteiger charge is -2.25. The van der Waals surface area contributed by atoms with Gasteiger partial charge in [0.25, 0.3) is 0 Å². The molecule has 116 valence electrons. The van der Waals surface area contributed by atoms with Gasteiger partial charge in [-0.25, -0.2) is 8.42 Å². The van der Waals surface area contributed by atoms with Crippen molar-refractivity contribution in [1.29, 1.82) is 0 Å². The van der Waals surface area contributed by atoms with E-state index in [-0.39, 0.29) is 18.1 Å². The van der Waals surface area contributed by atoms with Crippen molar-refractivity contribution in [2.45, 2.75) is 55.9 Å². The van der Waals surface area contributed by atoms with Gasteiger partial charge < -0.3 is 4.90 Å². The van der Waals surface area contributed by atoms with E-state index in [1.54, 1.807) is 0 Å². The highest BCUT2D eigenvalue weighted by atomic mass is 32.2. The number of thioether (sulfide) groups is 1. The molecule has 2 rings (SSSR count). The van der Waals surface area contributed by atoms with E-state index in [4.69, 9.17) is 0 Å². The molecule has 2 saturated heterocycles. The smallest absolute Gasteiger partial charge is 0.223 e. The molecule has 2 aliphatic heterocycles. The zero-order chi connectivity index (χ0) is 14.6. The van der Waals surface area contributed by atoms with Crippen molar-refractivity contribution in [1.82, 2.24) is 4.90 Å². The number of likely N-dealkylation sites (tertiary alicyclic amines) is 1. The molecule has 1 amide bonds. The van der Waals surface area contributed by atoms with Crippen LogP contribution >= 0.6 is 11.8 Å². The summed E-state index contributed by atoms with van der Waals surface area (Å²) in [4.78, 5) is 14.3. The van der Waals surface area contributed by atoms with Gasteiger partial charge in [0.2, 0.25) is 5.91 Å². The van der Waals surface area contributed by atoms with Crippen molar-refractivity contribution in [2.75, 3.05) is 24.6 Å². The minimum Gasteiger partial charge on any atom is -0.342 e. The van der Waals surface area contributed by atoms with E-state index in [0.29, 0.717) is 18.1 Å². The maximum atomic E-state index is 12.4. The van der Waals surface area contributed by atoms with Gasteiger partial charge in [-0.1, -0.05) is 13.3 Å². The van der Waals surface area contributed by atoms with Crippen LogP contribution in [-0.4, -0.2) is 54.3 Å². The van der Waals surface area contributed by atoms with E-state index in [2.05, 4.69) is 6.92 Å². The van der Waals surface area contributed by atoms with Crippen LogP contribution in [0, 0.1) is 0 Å². The Kier molecular flexibility index (Phi) is 5.78. The third-order valence-electron chi connectivity index (χ3n) is 4.25. The zero-order valence-electron chi connectivity index (χ0n) is 12.2. The lowest BCUT2D eigenvalue weighted by Crippen LogP contribution is -2.38. The van der Waals surface area contributed by atoms with Gasteiger partial charge in [0.1, 0.15) is 0 Å². The maximum Gasteiger partial charge on any atom is 0.223 e. The Hall–Kier alpha value is -0.230. The minimum atomic E-state index is -3.01. The summed E-state index contributed by atoms with van der Waals surface area (Å²) >= 11 is 1.92. The topological polar surface area (TPSA) is 54.5 Å². The molecule has 20 heavy (non-hydrogen) atoms. The standard InChI is InChI=1S/C14H25NO3S2/c1-2-19-12-6-3-4-8-15(11-12)14(16)10-13-7-5-9-20(13,17)18/h12-13H,2-11H2,1H3. The van der Waals surface area contributed by atoms with Crippen LogP contribution in [-0.2, 0) is 14.6 Å². The Morgan fingerprint density at radius 3 is 2.70 bits per heavy atom. The summed E-state index contributed by atoms with van der Waals surface area (Å²) in [7, 11) is -3.01. The highest BCUT2D eigenvalue weighted by Crippen LogP contribution is 2.26. The number of hydrogen-bond acceptors (Lipinski definition) is 4. The Bertz CT molecular complexity index is 436. The zero-order valence-corrected chi connectivity index (χ0v) is 13.8.